The lowest BCUT2D eigenvalue weighted by atomic mass is 10.1. The SMILES string of the molecule is O=C(CNc1ccc(F)cc1F)N1CCN(Cc2ccc3c(c2)OCO3)CC1. The Balaban J connectivity index is 1.25. The number of carbonyl (C=O) groups is 1. The van der Waals surface area contributed by atoms with E-state index in [0.29, 0.717) is 13.1 Å². The number of benzene rings is 2. The summed E-state index contributed by atoms with van der Waals surface area (Å²) < 4.78 is 37.3. The van der Waals surface area contributed by atoms with Crippen LogP contribution in [0.3, 0.4) is 0 Å². The Hall–Kier alpha value is -2.87. The third-order valence-corrected chi connectivity index (χ3v) is 4.93. The molecular weight excluding hydrogens is 368 g/mol. The van der Waals surface area contributed by atoms with Crippen molar-refractivity contribution in [3.8, 4) is 11.5 Å². The van der Waals surface area contributed by atoms with E-state index >= 15 is 0 Å². The molecule has 1 saturated heterocycles. The number of anilines is 1. The number of carbonyl (C=O) groups excluding carboxylic acids is 1. The summed E-state index contributed by atoms with van der Waals surface area (Å²) in [6.45, 7) is 3.74. The molecule has 2 aromatic rings. The topological polar surface area (TPSA) is 54.0 Å². The molecule has 1 fully saturated rings. The van der Waals surface area contributed by atoms with Gasteiger partial charge in [0.05, 0.1) is 12.2 Å². The third kappa shape index (κ3) is 4.17. The first-order valence-corrected chi connectivity index (χ1v) is 9.16. The molecule has 0 atom stereocenters. The predicted octanol–water partition coefficient (Wildman–Crippen LogP) is 2.45. The van der Waals surface area contributed by atoms with Crippen LogP contribution in [-0.2, 0) is 11.3 Å². The zero-order chi connectivity index (χ0) is 19.5. The lowest BCUT2D eigenvalue weighted by Crippen LogP contribution is -2.49. The van der Waals surface area contributed by atoms with Crippen LogP contribution in [0.4, 0.5) is 14.5 Å². The number of amides is 1. The first-order valence-electron chi connectivity index (χ1n) is 9.16. The number of rotatable bonds is 5. The van der Waals surface area contributed by atoms with Gasteiger partial charge in [-0.1, -0.05) is 6.07 Å². The summed E-state index contributed by atoms with van der Waals surface area (Å²) in [6, 6.07) is 9.17. The van der Waals surface area contributed by atoms with Crippen LogP contribution in [0.2, 0.25) is 0 Å². The molecule has 28 heavy (non-hydrogen) atoms. The summed E-state index contributed by atoms with van der Waals surface area (Å²) in [6.07, 6.45) is 0. The first-order chi connectivity index (χ1) is 13.6. The standard InChI is InChI=1S/C20H21F2N3O3/c21-15-2-3-17(16(22)10-15)23-11-20(26)25-7-5-24(6-8-25)12-14-1-4-18-19(9-14)28-13-27-18/h1-4,9-10,23H,5-8,11-13H2. The van der Waals surface area contributed by atoms with Crippen LogP contribution in [0.25, 0.3) is 0 Å². The third-order valence-electron chi connectivity index (χ3n) is 4.93. The molecule has 1 N–H and O–H groups in total. The maximum atomic E-state index is 13.6. The van der Waals surface area contributed by atoms with E-state index in [1.54, 1.807) is 4.90 Å². The minimum Gasteiger partial charge on any atom is -0.454 e. The summed E-state index contributed by atoms with van der Waals surface area (Å²) >= 11 is 0. The number of halogens is 2. The summed E-state index contributed by atoms with van der Waals surface area (Å²) in [5.74, 6) is 0.0791. The summed E-state index contributed by atoms with van der Waals surface area (Å²) in [4.78, 5) is 16.4. The molecule has 2 heterocycles. The number of hydrogen-bond acceptors (Lipinski definition) is 5. The fourth-order valence-electron chi connectivity index (χ4n) is 3.37. The van der Waals surface area contributed by atoms with Gasteiger partial charge in [0, 0.05) is 38.8 Å². The average Bonchev–Trinajstić information content (AvgIpc) is 3.15. The van der Waals surface area contributed by atoms with Crippen molar-refractivity contribution in [1.82, 2.24) is 9.80 Å². The molecule has 0 radical (unpaired) electrons. The summed E-state index contributed by atoms with van der Waals surface area (Å²) in [7, 11) is 0. The van der Waals surface area contributed by atoms with Crippen molar-refractivity contribution >= 4 is 11.6 Å². The van der Waals surface area contributed by atoms with Gasteiger partial charge in [-0.25, -0.2) is 8.78 Å². The van der Waals surface area contributed by atoms with Crippen LogP contribution >= 0.6 is 0 Å². The monoisotopic (exact) mass is 389 g/mol. The van der Waals surface area contributed by atoms with Crippen LogP contribution in [0.5, 0.6) is 11.5 Å². The number of ether oxygens (including phenoxy) is 2. The largest absolute Gasteiger partial charge is 0.454 e. The van der Waals surface area contributed by atoms with Crippen LogP contribution in [-0.4, -0.2) is 55.2 Å². The fourth-order valence-corrected chi connectivity index (χ4v) is 3.37. The highest BCUT2D eigenvalue weighted by atomic mass is 19.1. The Morgan fingerprint density at radius 1 is 1.00 bits per heavy atom. The van der Waals surface area contributed by atoms with E-state index in [9.17, 15) is 13.6 Å². The quantitative estimate of drug-likeness (QED) is 0.852. The van der Waals surface area contributed by atoms with Crippen LogP contribution < -0.4 is 14.8 Å². The Labute approximate surface area is 161 Å². The molecule has 2 aliphatic rings. The second-order valence-electron chi connectivity index (χ2n) is 6.82. The fraction of sp³-hybridized carbons (Fsp3) is 0.350. The first kappa shape index (κ1) is 18.5. The highest BCUT2D eigenvalue weighted by Gasteiger charge is 2.22. The van der Waals surface area contributed by atoms with Gasteiger partial charge in [0.1, 0.15) is 11.6 Å². The zero-order valence-corrected chi connectivity index (χ0v) is 15.3. The Morgan fingerprint density at radius 2 is 1.79 bits per heavy atom. The lowest BCUT2D eigenvalue weighted by molar-refractivity contribution is -0.131. The van der Waals surface area contributed by atoms with Crippen LogP contribution in [0.15, 0.2) is 36.4 Å². The molecule has 0 bridgehead atoms. The van der Waals surface area contributed by atoms with E-state index in [0.717, 1.165) is 48.8 Å². The molecule has 1 amide bonds. The van der Waals surface area contributed by atoms with Crippen molar-refractivity contribution in [3.05, 3.63) is 53.6 Å². The van der Waals surface area contributed by atoms with Crippen molar-refractivity contribution < 1.29 is 23.0 Å². The van der Waals surface area contributed by atoms with E-state index in [1.807, 2.05) is 18.2 Å². The van der Waals surface area contributed by atoms with E-state index in [4.69, 9.17) is 9.47 Å². The van der Waals surface area contributed by atoms with Crippen molar-refractivity contribution in [2.45, 2.75) is 6.54 Å². The van der Waals surface area contributed by atoms with Crippen LogP contribution in [0.1, 0.15) is 5.56 Å². The smallest absolute Gasteiger partial charge is 0.241 e. The molecule has 0 unspecified atom stereocenters. The van der Waals surface area contributed by atoms with E-state index in [-0.39, 0.29) is 24.9 Å². The Morgan fingerprint density at radius 3 is 2.57 bits per heavy atom. The molecule has 4 rings (SSSR count). The number of nitrogens with one attached hydrogen (secondary N) is 1. The molecule has 0 saturated carbocycles. The summed E-state index contributed by atoms with van der Waals surface area (Å²) in [5.41, 5.74) is 1.26. The minimum absolute atomic E-state index is 0.0231. The predicted molar refractivity (Wildman–Crippen MR) is 99.3 cm³/mol. The van der Waals surface area contributed by atoms with Gasteiger partial charge >= 0.3 is 0 Å². The van der Waals surface area contributed by atoms with Gasteiger partial charge in [-0.2, -0.15) is 0 Å². The maximum Gasteiger partial charge on any atom is 0.241 e. The molecule has 2 aromatic carbocycles. The molecule has 0 spiro atoms. The number of fused-ring (bicyclic) bond motifs is 1. The van der Waals surface area contributed by atoms with Gasteiger partial charge in [0.25, 0.3) is 0 Å². The molecule has 2 aliphatic heterocycles. The van der Waals surface area contributed by atoms with Gasteiger partial charge in [-0.15, -0.1) is 0 Å². The van der Waals surface area contributed by atoms with Gasteiger partial charge in [-0.3, -0.25) is 9.69 Å². The van der Waals surface area contributed by atoms with Gasteiger partial charge in [-0.05, 0) is 29.8 Å². The van der Waals surface area contributed by atoms with Crippen molar-refractivity contribution in [2.75, 3.05) is 44.8 Å². The maximum absolute atomic E-state index is 13.6. The molecular formula is C20H21F2N3O3. The van der Waals surface area contributed by atoms with Crippen molar-refractivity contribution in [3.63, 3.8) is 0 Å². The highest BCUT2D eigenvalue weighted by Crippen LogP contribution is 2.32. The Kier molecular flexibility index (Phi) is 5.29. The average molecular weight is 389 g/mol. The normalized spacial score (nSPS) is 16.3. The van der Waals surface area contributed by atoms with E-state index in [1.165, 1.54) is 6.07 Å². The van der Waals surface area contributed by atoms with Crippen molar-refractivity contribution in [2.24, 2.45) is 0 Å². The number of piperazine rings is 1. The van der Waals surface area contributed by atoms with E-state index < -0.39 is 11.6 Å². The van der Waals surface area contributed by atoms with Gasteiger partial charge < -0.3 is 19.7 Å². The molecule has 6 nitrogen and oxygen atoms in total. The minimum atomic E-state index is -0.707. The molecule has 8 heteroatoms. The summed E-state index contributed by atoms with van der Waals surface area (Å²) in [5, 5.41) is 2.74. The molecule has 0 aliphatic carbocycles. The van der Waals surface area contributed by atoms with Crippen LogP contribution in [0, 0.1) is 11.6 Å². The zero-order valence-electron chi connectivity index (χ0n) is 15.3. The van der Waals surface area contributed by atoms with Crippen molar-refractivity contribution in [1.29, 1.82) is 0 Å². The second-order valence-corrected chi connectivity index (χ2v) is 6.82. The van der Waals surface area contributed by atoms with Gasteiger partial charge in [0.2, 0.25) is 12.7 Å². The number of nitrogens with zero attached hydrogens (tertiary/aromatic N) is 2. The van der Waals surface area contributed by atoms with Gasteiger partial charge in [0.15, 0.2) is 11.5 Å². The second kappa shape index (κ2) is 8.02. The van der Waals surface area contributed by atoms with E-state index in [2.05, 4.69) is 10.2 Å². The highest BCUT2D eigenvalue weighted by molar-refractivity contribution is 5.81. The molecule has 148 valence electrons. The number of hydrogen-bond donors (Lipinski definition) is 1. The lowest BCUT2D eigenvalue weighted by Gasteiger charge is -2.35. The Bertz CT molecular complexity index is 870. The molecule has 0 aromatic heterocycles.